The van der Waals surface area contributed by atoms with Gasteiger partial charge in [0.05, 0.1) is 0 Å². The Morgan fingerprint density at radius 3 is 2.52 bits per heavy atom. The summed E-state index contributed by atoms with van der Waals surface area (Å²) in [6, 6.07) is 6.02. The fourth-order valence-electron chi connectivity index (χ4n) is 2.10. The van der Waals surface area contributed by atoms with Crippen LogP contribution < -0.4 is 10.7 Å². The number of carbonyl (C=O) groups is 2. The minimum absolute atomic E-state index is 0.0744. The SMILES string of the molecule is Cc1cc(C(C)(C)C)ccc1NC(=O)C1=NNC(=O)CC1. The third-order valence-corrected chi connectivity index (χ3v) is 3.51. The molecule has 112 valence electrons. The van der Waals surface area contributed by atoms with Crippen molar-refractivity contribution >= 4 is 23.2 Å². The highest BCUT2D eigenvalue weighted by Crippen LogP contribution is 2.26. The average molecular weight is 287 g/mol. The highest BCUT2D eigenvalue weighted by molar-refractivity contribution is 6.43. The lowest BCUT2D eigenvalue weighted by Gasteiger charge is -2.21. The molecule has 1 aromatic rings. The van der Waals surface area contributed by atoms with Crippen LogP contribution in [-0.2, 0) is 15.0 Å². The Hall–Kier alpha value is -2.17. The summed E-state index contributed by atoms with van der Waals surface area (Å²) in [7, 11) is 0. The van der Waals surface area contributed by atoms with Crippen molar-refractivity contribution in [3.63, 3.8) is 0 Å². The number of rotatable bonds is 2. The number of carbonyl (C=O) groups excluding carboxylic acids is 2. The minimum Gasteiger partial charge on any atom is -0.321 e. The number of amides is 2. The van der Waals surface area contributed by atoms with Crippen LogP contribution in [0.3, 0.4) is 0 Å². The molecule has 5 nitrogen and oxygen atoms in total. The molecule has 1 aliphatic heterocycles. The normalized spacial score (nSPS) is 15.2. The second-order valence-corrected chi connectivity index (χ2v) is 6.33. The van der Waals surface area contributed by atoms with Gasteiger partial charge in [-0.1, -0.05) is 32.9 Å². The van der Waals surface area contributed by atoms with Gasteiger partial charge in [0.25, 0.3) is 5.91 Å². The van der Waals surface area contributed by atoms with Crippen molar-refractivity contribution in [3.05, 3.63) is 29.3 Å². The third kappa shape index (κ3) is 3.68. The van der Waals surface area contributed by atoms with Crippen LogP contribution in [0.2, 0.25) is 0 Å². The van der Waals surface area contributed by atoms with Gasteiger partial charge in [0.15, 0.2) is 0 Å². The van der Waals surface area contributed by atoms with Gasteiger partial charge in [-0.05, 0) is 29.5 Å². The number of nitrogens with one attached hydrogen (secondary N) is 2. The van der Waals surface area contributed by atoms with Gasteiger partial charge in [0, 0.05) is 18.5 Å². The minimum atomic E-state index is -0.262. The Morgan fingerprint density at radius 2 is 2.00 bits per heavy atom. The molecule has 0 radical (unpaired) electrons. The molecule has 0 fully saturated rings. The lowest BCUT2D eigenvalue weighted by Crippen LogP contribution is -2.32. The van der Waals surface area contributed by atoms with Crippen molar-refractivity contribution in [2.45, 2.75) is 46.0 Å². The van der Waals surface area contributed by atoms with E-state index in [0.717, 1.165) is 11.3 Å². The van der Waals surface area contributed by atoms with Crippen LogP contribution in [-0.4, -0.2) is 17.5 Å². The topological polar surface area (TPSA) is 70.6 Å². The average Bonchev–Trinajstić information content (AvgIpc) is 2.40. The van der Waals surface area contributed by atoms with Crippen LogP contribution in [0.5, 0.6) is 0 Å². The second kappa shape index (κ2) is 5.68. The maximum Gasteiger partial charge on any atom is 0.271 e. The van der Waals surface area contributed by atoms with Gasteiger partial charge in [-0.25, -0.2) is 5.43 Å². The lowest BCUT2D eigenvalue weighted by atomic mass is 9.86. The molecule has 21 heavy (non-hydrogen) atoms. The number of hydrogen-bond donors (Lipinski definition) is 2. The van der Waals surface area contributed by atoms with Gasteiger partial charge < -0.3 is 5.32 Å². The Labute approximate surface area is 124 Å². The summed E-state index contributed by atoms with van der Waals surface area (Å²) in [4.78, 5) is 23.1. The first-order valence-electron chi connectivity index (χ1n) is 7.05. The molecule has 5 heteroatoms. The molecule has 1 heterocycles. The van der Waals surface area contributed by atoms with E-state index in [2.05, 4.69) is 42.7 Å². The van der Waals surface area contributed by atoms with Crippen molar-refractivity contribution in [2.75, 3.05) is 5.32 Å². The van der Waals surface area contributed by atoms with Crippen molar-refractivity contribution in [1.29, 1.82) is 0 Å². The first kappa shape index (κ1) is 15.2. The highest BCUT2D eigenvalue weighted by atomic mass is 16.2. The molecule has 0 atom stereocenters. The summed E-state index contributed by atoms with van der Waals surface area (Å²) < 4.78 is 0. The van der Waals surface area contributed by atoms with Gasteiger partial charge in [-0.3, -0.25) is 9.59 Å². The Kier molecular flexibility index (Phi) is 4.11. The molecule has 0 saturated heterocycles. The quantitative estimate of drug-likeness (QED) is 0.877. The van der Waals surface area contributed by atoms with E-state index < -0.39 is 0 Å². The number of anilines is 1. The molecular formula is C16H21N3O2. The number of hydrazone groups is 1. The van der Waals surface area contributed by atoms with E-state index in [0.29, 0.717) is 18.6 Å². The van der Waals surface area contributed by atoms with E-state index in [1.165, 1.54) is 5.56 Å². The fraction of sp³-hybridized carbons (Fsp3) is 0.438. The number of aryl methyl sites for hydroxylation is 1. The van der Waals surface area contributed by atoms with Gasteiger partial charge in [-0.2, -0.15) is 5.10 Å². The number of benzene rings is 1. The van der Waals surface area contributed by atoms with E-state index in [1.807, 2.05) is 19.1 Å². The smallest absolute Gasteiger partial charge is 0.271 e. The van der Waals surface area contributed by atoms with Crippen molar-refractivity contribution < 1.29 is 9.59 Å². The first-order valence-corrected chi connectivity index (χ1v) is 7.05. The molecule has 2 rings (SSSR count). The van der Waals surface area contributed by atoms with Crippen molar-refractivity contribution in [2.24, 2.45) is 5.10 Å². The predicted molar refractivity (Wildman–Crippen MR) is 83.3 cm³/mol. The maximum atomic E-state index is 12.1. The predicted octanol–water partition coefficient (Wildman–Crippen LogP) is 2.50. The first-order chi connectivity index (χ1) is 9.77. The van der Waals surface area contributed by atoms with Gasteiger partial charge in [0.1, 0.15) is 5.71 Å². The summed E-state index contributed by atoms with van der Waals surface area (Å²) in [6.45, 7) is 8.42. The Morgan fingerprint density at radius 1 is 1.29 bits per heavy atom. The van der Waals surface area contributed by atoms with E-state index in [9.17, 15) is 9.59 Å². The van der Waals surface area contributed by atoms with Crippen LogP contribution in [0.25, 0.3) is 0 Å². The molecule has 1 aliphatic rings. The molecule has 0 bridgehead atoms. The summed E-state index contributed by atoms with van der Waals surface area (Å²) >= 11 is 0. The fourth-order valence-corrected chi connectivity index (χ4v) is 2.10. The van der Waals surface area contributed by atoms with E-state index in [1.54, 1.807) is 0 Å². The zero-order valence-electron chi connectivity index (χ0n) is 12.9. The molecule has 0 spiro atoms. The molecule has 0 unspecified atom stereocenters. The van der Waals surface area contributed by atoms with Crippen molar-refractivity contribution in [3.8, 4) is 0 Å². The summed E-state index contributed by atoms with van der Waals surface area (Å²) in [6.07, 6.45) is 0.672. The monoisotopic (exact) mass is 287 g/mol. The molecule has 0 aliphatic carbocycles. The molecule has 2 amide bonds. The maximum absolute atomic E-state index is 12.1. The van der Waals surface area contributed by atoms with E-state index in [-0.39, 0.29) is 17.2 Å². The Balaban J connectivity index is 2.13. The number of hydrogen-bond acceptors (Lipinski definition) is 3. The Bertz CT molecular complexity index is 612. The van der Waals surface area contributed by atoms with Gasteiger partial charge in [-0.15, -0.1) is 0 Å². The summed E-state index contributed by atoms with van der Waals surface area (Å²) in [5.41, 5.74) is 5.76. The van der Waals surface area contributed by atoms with Gasteiger partial charge >= 0.3 is 0 Å². The molecular weight excluding hydrogens is 266 g/mol. The molecule has 2 N–H and O–H groups in total. The van der Waals surface area contributed by atoms with Gasteiger partial charge in [0.2, 0.25) is 5.91 Å². The highest BCUT2D eigenvalue weighted by Gasteiger charge is 2.19. The standard InChI is InChI=1S/C16H21N3O2/c1-10-9-11(16(2,3)4)5-6-12(10)17-15(21)13-7-8-14(20)19-18-13/h5-6,9H,7-8H2,1-4H3,(H,17,21)(H,19,20). The molecule has 1 aromatic carbocycles. The summed E-state index contributed by atoms with van der Waals surface area (Å²) in [5.74, 6) is -0.418. The van der Waals surface area contributed by atoms with Crippen LogP contribution in [0.4, 0.5) is 5.69 Å². The van der Waals surface area contributed by atoms with Crippen LogP contribution in [0.1, 0.15) is 44.7 Å². The zero-order chi connectivity index (χ0) is 15.6. The molecule has 0 saturated carbocycles. The van der Waals surface area contributed by atoms with Crippen molar-refractivity contribution in [1.82, 2.24) is 5.43 Å². The van der Waals surface area contributed by atoms with Crippen LogP contribution in [0, 0.1) is 6.92 Å². The third-order valence-electron chi connectivity index (χ3n) is 3.51. The molecule has 0 aromatic heterocycles. The summed E-state index contributed by atoms with van der Waals surface area (Å²) in [5, 5.41) is 6.65. The van der Waals surface area contributed by atoms with E-state index >= 15 is 0 Å². The number of nitrogens with zero attached hydrogens (tertiary/aromatic N) is 1. The lowest BCUT2D eigenvalue weighted by molar-refractivity contribution is -0.121. The van der Waals surface area contributed by atoms with Crippen LogP contribution >= 0.6 is 0 Å². The van der Waals surface area contributed by atoms with E-state index in [4.69, 9.17) is 0 Å². The largest absolute Gasteiger partial charge is 0.321 e. The second-order valence-electron chi connectivity index (χ2n) is 6.33. The van der Waals surface area contributed by atoms with Crippen LogP contribution in [0.15, 0.2) is 23.3 Å². The zero-order valence-corrected chi connectivity index (χ0v) is 12.9.